The molecular formula is C14H16N2O5S2. The van der Waals surface area contributed by atoms with Crippen LogP contribution >= 0.6 is 11.8 Å². The van der Waals surface area contributed by atoms with Crippen molar-refractivity contribution in [1.82, 2.24) is 10.0 Å². The van der Waals surface area contributed by atoms with E-state index < -0.39 is 16.0 Å². The zero-order valence-corrected chi connectivity index (χ0v) is 13.7. The predicted molar refractivity (Wildman–Crippen MR) is 87.8 cm³/mol. The summed E-state index contributed by atoms with van der Waals surface area (Å²) in [5, 5.41) is 11.1. The van der Waals surface area contributed by atoms with Crippen molar-refractivity contribution in [2.24, 2.45) is 0 Å². The van der Waals surface area contributed by atoms with E-state index in [0.29, 0.717) is 17.9 Å². The quantitative estimate of drug-likeness (QED) is 0.429. The van der Waals surface area contributed by atoms with E-state index in [4.69, 9.17) is 11.5 Å². The molecule has 3 N–H and O–H groups in total. The van der Waals surface area contributed by atoms with Crippen molar-refractivity contribution in [3.63, 3.8) is 0 Å². The van der Waals surface area contributed by atoms with E-state index in [1.165, 1.54) is 36.0 Å². The van der Waals surface area contributed by atoms with E-state index in [0.717, 1.165) is 0 Å². The van der Waals surface area contributed by atoms with Crippen LogP contribution in [0, 0.1) is 12.3 Å². The molecule has 0 saturated heterocycles. The van der Waals surface area contributed by atoms with Crippen LogP contribution in [0.1, 0.15) is 10.4 Å². The molecular weight excluding hydrogens is 340 g/mol. The minimum Gasteiger partial charge on any atom is -0.481 e. The second-order valence-corrected chi connectivity index (χ2v) is 7.13. The van der Waals surface area contributed by atoms with Crippen LogP contribution in [-0.2, 0) is 14.8 Å². The van der Waals surface area contributed by atoms with Gasteiger partial charge in [0.25, 0.3) is 5.91 Å². The number of carbonyl (C=O) groups excluding carboxylic acids is 1. The van der Waals surface area contributed by atoms with E-state index in [1.807, 2.05) is 0 Å². The number of hydrogen-bond donors (Lipinski definition) is 3. The zero-order chi connectivity index (χ0) is 17.3. The van der Waals surface area contributed by atoms with Gasteiger partial charge in [-0.3, -0.25) is 9.59 Å². The highest BCUT2D eigenvalue weighted by Gasteiger charge is 2.13. The van der Waals surface area contributed by atoms with Crippen molar-refractivity contribution in [3.8, 4) is 12.3 Å². The maximum atomic E-state index is 11.8. The number of sulfonamides is 1. The first-order valence-electron chi connectivity index (χ1n) is 6.48. The summed E-state index contributed by atoms with van der Waals surface area (Å²) in [7, 11) is -3.68. The van der Waals surface area contributed by atoms with Crippen molar-refractivity contribution in [2.75, 3.05) is 24.6 Å². The fourth-order valence-electron chi connectivity index (χ4n) is 1.50. The summed E-state index contributed by atoms with van der Waals surface area (Å²) >= 11 is 1.19. The monoisotopic (exact) mass is 356 g/mol. The molecule has 1 aromatic carbocycles. The van der Waals surface area contributed by atoms with Gasteiger partial charge in [0.2, 0.25) is 10.0 Å². The first-order chi connectivity index (χ1) is 10.9. The Labute approximate surface area is 138 Å². The second kappa shape index (κ2) is 9.19. The Morgan fingerprint density at radius 2 is 1.91 bits per heavy atom. The maximum Gasteiger partial charge on any atom is 0.313 e. The van der Waals surface area contributed by atoms with Crippen LogP contribution in [-0.4, -0.2) is 50.0 Å². The molecule has 0 bridgehead atoms. The molecule has 0 radical (unpaired) electrons. The van der Waals surface area contributed by atoms with Gasteiger partial charge in [-0.25, -0.2) is 8.42 Å². The van der Waals surface area contributed by atoms with Crippen LogP contribution in [0.25, 0.3) is 0 Å². The number of carboxylic acids is 1. The highest BCUT2D eigenvalue weighted by molar-refractivity contribution is 7.99. The maximum absolute atomic E-state index is 11.8. The molecule has 0 aliphatic carbocycles. The average Bonchev–Trinajstić information content (AvgIpc) is 2.52. The van der Waals surface area contributed by atoms with E-state index >= 15 is 0 Å². The summed E-state index contributed by atoms with van der Waals surface area (Å²) in [6.07, 6.45) is 5.00. The highest BCUT2D eigenvalue weighted by Crippen LogP contribution is 2.10. The molecule has 0 fully saturated rings. The molecule has 1 amide bonds. The van der Waals surface area contributed by atoms with E-state index in [9.17, 15) is 18.0 Å². The molecule has 0 saturated carbocycles. The van der Waals surface area contributed by atoms with Crippen molar-refractivity contribution in [2.45, 2.75) is 4.90 Å². The molecule has 1 aromatic rings. The van der Waals surface area contributed by atoms with E-state index in [1.54, 1.807) is 0 Å². The summed E-state index contributed by atoms with van der Waals surface area (Å²) in [5.74, 6) is 1.36. The van der Waals surface area contributed by atoms with Crippen LogP contribution in [0.5, 0.6) is 0 Å². The molecule has 23 heavy (non-hydrogen) atoms. The van der Waals surface area contributed by atoms with E-state index in [2.05, 4.69) is 16.0 Å². The standard InChI is InChI=1S/C14H16N2O5S2/c1-2-7-16-23(20,21)12-5-3-11(4-6-12)14(19)15-8-9-22-10-13(17)18/h1,3-6,16H,7-10H2,(H,15,19)(H,17,18). The lowest BCUT2D eigenvalue weighted by atomic mass is 10.2. The van der Waals surface area contributed by atoms with Crippen LogP contribution in [0.4, 0.5) is 0 Å². The van der Waals surface area contributed by atoms with Gasteiger partial charge in [0.15, 0.2) is 0 Å². The summed E-state index contributed by atoms with van der Waals surface area (Å²) in [6, 6.07) is 5.41. The van der Waals surface area contributed by atoms with Gasteiger partial charge in [0.1, 0.15) is 0 Å². The van der Waals surface area contributed by atoms with Crippen LogP contribution in [0.2, 0.25) is 0 Å². The molecule has 7 nitrogen and oxygen atoms in total. The Balaban J connectivity index is 2.54. The third kappa shape index (κ3) is 6.73. The van der Waals surface area contributed by atoms with Gasteiger partial charge in [-0.15, -0.1) is 18.2 Å². The predicted octanol–water partition coefficient (Wildman–Crippen LogP) is 0.146. The smallest absolute Gasteiger partial charge is 0.313 e. The lowest BCUT2D eigenvalue weighted by molar-refractivity contribution is -0.133. The van der Waals surface area contributed by atoms with Gasteiger partial charge in [-0.1, -0.05) is 5.92 Å². The van der Waals surface area contributed by atoms with Gasteiger partial charge >= 0.3 is 5.97 Å². The number of thioether (sulfide) groups is 1. The van der Waals surface area contributed by atoms with E-state index in [-0.39, 0.29) is 23.1 Å². The fraction of sp³-hybridized carbons (Fsp3) is 0.286. The van der Waals surface area contributed by atoms with Crippen LogP contribution < -0.4 is 10.0 Å². The van der Waals surface area contributed by atoms with Gasteiger partial charge in [-0.05, 0) is 24.3 Å². The topological polar surface area (TPSA) is 113 Å². The number of hydrogen-bond acceptors (Lipinski definition) is 5. The lowest BCUT2D eigenvalue weighted by Crippen LogP contribution is -2.26. The number of terminal acetylenes is 1. The van der Waals surface area contributed by atoms with Crippen LogP contribution in [0.3, 0.4) is 0 Å². The Morgan fingerprint density at radius 1 is 1.26 bits per heavy atom. The van der Waals surface area contributed by atoms with Gasteiger partial charge < -0.3 is 10.4 Å². The fourth-order valence-corrected chi connectivity index (χ4v) is 3.00. The Kier molecular flexibility index (Phi) is 7.61. The second-order valence-electron chi connectivity index (χ2n) is 4.26. The number of carboxylic acid groups (broad SMARTS) is 1. The minimum absolute atomic E-state index is 0.0151. The number of benzene rings is 1. The van der Waals surface area contributed by atoms with Crippen molar-refractivity contribution in [1.29, 1.82) is 0 Å². The summed E-state index contributed by atoms with van der Waals surface area (Å²) in [6.45, 7) is 0.207. The molecule has 0 unspecified atom stereocenters. The van der Waals surface area contributed by atoms with Crippen LogP contribution in [0.15, 0.2) is 29.2 Å². The largest absolute Gasteiger partial charge is 0.481 e. The minimum atomic E-state index is -3.68. The molecule has 9 heteroatoms. The Hall–Kier alpha value is -2.02. The number of rotatable bonds is 9. The first-order valence-corrected chi connectivity index (χ1v) is 9.11. The Bertz CT molecular complexity index is 693. The number of aliphatic carboxylic acids is 1. The molecule has 0 aromatic heterocycles. The molecule has 0 spiro atoms. The van der Waals surface area contributed by atoms with Gasteiger partial charge in [0.05, 0.1) is 17.2 Å². The summed E-state index contributed by atoms with van der Waals surface area (Å²) < 4.78 is 25.8. The molecule has 1 rings (SSSR count). The van der Waals surface area contributed by atoms with Crippen molar-refractivity contribution < 1.29 is 23.1 Å². The summed E-state index contributed by atoms with van der Waals surface area (Å²) in [5.41, 5.74) is 0.309. The third-order valence-corrected chi connectivity index (χ3v) is 4.91. The third-order valence-electron chi connectivity index (χ3n) is 2.55. The molecule has 0 atom stereocenters. The zero-order valence-electron chi connectivity index (χ0n) is 12.1. The number of amides is 1. The molecule has 124 valence electrons. The molecule has 0 heterocycles. The average molecular weight is 356 g/mol. The van der Waals surface area contributed by atoms with Crippen molar-refractivity contribution in [3.05, 3.63) is 29.8 Å². The first kappa shape index (κ1) is 19.0. The van der Waals surface area contributed by atoms with Gasteiger partial charge in [0, 0.05) is 17.9 Å². The molecule has 0 aliphatic heterocycles. The lowest BCUT2D eigenvalue weighted by Gasteiger charge is -2.07. The molecule has 0 aliphatic rings. The Morgan fingerprint density at radius 3 is 2.48 bits per heavy atom. The number of nitrogens with one attached hydrogen (secondary N) is 2. The van der Waals surface area contributed by atoms with Crippen molar-refractivity contribution >= 4 is 33.7 Å². The summed E-state index contributed by atoms with van der Waals surface area (Å²) in [4.78, 5) is 22.2. The SMILES string of the molecule is C#CCNS(=O)(=O)c1ccc(C(=O)NCCSCC(=O)O)cc1. The highest BCUT2D eigenvalue weighted by atomic mass is 32.2. The number of carbonyl (C=O) groups is 2. The normalized spacial score (nSPS) is 10.7. The van der Waals surface area contributed by atoms with Gasteiger partial charge in [-0.2, -0.15) is 4.72 Å².